The van der Waals surface area contributed by atoms with E-state index in [-0.39, 0.29) is 16.7 Å². The number of carbonyl (C=O) groups excluding carboxylic acids is 1. The molecule has 156 valence electrons. The second-order valence-corrected chi connectivity index (χ2v) is 9.83. The fraction of sp³-hybridized carbons (Fsp3) is 0.250. The molecule has 8 nitrogen and oxygen atoms in total. The molecule has 0 saturated carbocycles. The molecule has 30 heavy (non-hydrogen) atoms. The summed E-state index contributed by atoms with van der Waals surface area (Å²) in [4.78, 5) is 16.9. The Kier molecular flexibility index (Phi) is 5.98. The van der Waals surface area contributed by atoms with Crippen molar-refractivity contribution >= 4 is 37.5 Å². The third-order valence-corrected chi connectivity index (χ3v) is 7.35. The number of hydrogen-bond acceptors (Lipinski definition) is 5. The van der Waals surface area contributed by atoms with Crippen molar-refractivity contribution in [1.82, 2.24) is 19.1 Å². The van der Waals surface area contributed by atoms with Crippen LogP contribution in [-0.2, 0) is 14.8 Å². The van der Waals surface area contributed by atoms with Gasteiger partial charge in [0.25, 0.3) is 0 Å². The van der Waals surface area contributed by atoms with Gasteiger partial charge in [-0.25, -0.2) is 13.1 Å². The van der Waals surface area contributed by atoms with Crippen molar-refractivity contribution in [2.24, 2.45) is 5.92 Å². The normalized spacial score (nSPS) is 15.8. The van der Waals surface area contributed by atoms with Crippen molar-refractivity contribution in [3.63, 3.8) is 0 Å². The molecular formula is C20H20BrN5O3S. The Balaban J connectivity index is 1.43. The van der Waals surface area contributed by atoms with E-state index in [4.69, 9.17) is 0 Å². The van der Waals surface area contributed by atoms with E-state index in [1.807, 2.05) is 30.5 Å². The molecular weight excluding hydrogens is 470 g/mol. The Bertz CT molecular complexity index is 1140. The van der Waals surface area contributed by atoms with Gasteiger partial charge in [0.15, 0.2) is 0 Å². The monoisotopic (exact) mass is 489 g/mol. The quantitative estimate of drug-likeness (QED) is 0.593. The first-order valence-corrected chi connectivity index (χ1v) is 11.7. The number of piperidine rings is 1. The zero-order chi connectivity index (χ0) is 21.1. The molecule has 0 bridgehead atoms. The van der Waals surface area contributed by atoms with Crippen LogP contribution in [0.25, 0.3) is 5.69 Å². The number of para-hydroxylation sites is 2. The second-order valence-electron chi connectivity index (χ2n) is 6.98. The van der Waals surface area contributed by atoms with Gasteiger partial charge in [-0.1, -0.05) is 12.1 Å². The molecule has 1 fully saturated rings. The number of amides is 1. The summed E-state index contributed by atoms with van der Waals surface area (Å²) < 4.78 is 29.4. The zero-order valence-corrected chi connectivity index (χ0v) is 18.4. The molecule has 4 rings (SSSR count). The molecule has 1 aliphatic heterocycles. The Labute approximate surface area is 183 Å². The zero-order valence-electron chi connectivity index (χ0n) is 16.0. The molecule has 0 atom stereocenters. The number of halogens is 1. The second kappa shape index (κ2) is 8.66. The lowest BCUT2D eigenvalue weighted by atomic mass is 9.97. The van der Waals surface area contributed by atoms with Crippen molar-refractivity contribution in [2.45, 2.75) is 17.7 Å². The van der Waals surface area contributed by atoms with Gasteiger partial charge in [0.05, 0.1) is 22.0 Å². The maximum Gasteiger partial charge on any atom is 0.244 e. The Morgan fingerprint density at radius 2 is 1.87 bits per heavy atom. The van der Waals surface area contributed by atoms with Crippen molar-refractivity contribution < 1.29 is 13.2 Å². The van der Waals surface area contributed by atoms with Crippen molar-refractivity contribution in [2.75, 3.05) is 18.4 Å². The van der Waals surface area contributed by atoms with Crippen LogP contribution in [0.4, 0.5) is 5.69 Å². The van der Waals surface area contributed by atoms with Crippen LogP contribution in [0, 0.1) is 5.92 Å². The van der Waals surface area contributed by atoms with E-state index in [0.29, 0.717) is 31.6 Å². The number of hydrogen-bond donors (Lipinski definition) is 1. The summed E-state index contributed by atoms with van der Waals surface area (Å²) in [5.74, 6) is -0.380. The minimum absolute atomic E-state index is 0.118. The molecule has 3 aromatic rings. The molecule has 0 unspecified atom stereocenters. The molecule has 1 N–H and O–H groups in total. The summed E-state index contributed by atoms with van der Waals surface area (Å²) in [5, 5.41) is 7.25. The number of carbonyl (C=O) groups is 1. The Hall–Kier alpha value is -2.56. The van der Waals surface area contributed by atoms with E-state index in [9.17, 15) is 13.2 Å². The maximum atomic E-state index is 12.9. The smallest absolute Gasteiger partial charge is 0.244 e. The van der Waals surface area contributed by atoms with Crippen LogP contribution in [0.15, 0.2) is 70.6 Å². The summed E-state index contributed by atoms with van der Waals surface area (Å²) >= 11 is 3.38. The van der Waals surface area contributed by atoms with Crippen LogP contribution in [0.1, 0.15) is 12.8 Å². The number of nitrogens with zero attached hydrogens (tertiary/aromatic N) is 4. The fourth-order valence-electron chi connectivity index (χ4n) is 3.45. The van der Waals surface area contributed by atoms with E-state index >= 15 is 0 Å². The number of pyridine rings is 1. The highest BCUT2D eigenvalue weighted by Crippen LogP contribution is 2.26. The largest absolute Gasteiger partial charge is 0.324 e. The molecule has 1 amide bonds. The van der Waals surface area contributed by atoms with Crippen molar-refractivity contribution in [3.8, 4) is 5.69 Å². The summed E-state index contributed by atoms with van der Waals surface area (Å²) in [6.07, 6.45) is 7.29. The van der Waals surface area contributed by atoms with Gasteiger partial charge in [0, 0.05) is 37.6 Å². The van der Waals surface area contributed by atoms with E-state index < -0.39 is 10.0 Å². The van der Waals surface area contributed by atoms with Gasteiger partial charge in [-0.15, -0.1) is 0 Å². The molecule has 0 radical (unpaired) electrons. The number of benzene rings is 1. The third-order valence-electron chi connectivity index (χ3n) is 5.06. The summed E-state index contributed by atoms with van der Waals surface area (Å²) in [7, 11) is -3.59. The number of aromatic nitrogens is 3. The molecule has 0 aliphatic carbocycles. The van der Waals surface area contributed by atoms with Gasteiger partial charge < -0.3 is 5.32 Å². The average Bonchev–Trinajstić information content (AvgIpc) is 3.21. The molecule has 0 spiro atoms. The van der Waals surface area contributed by atoms with Crippen LogP contribution in [0.2, 0.25) is 0 Å². The molecule has 1 aliphatic rings. The van der Waals surface area contributed by atoms with Gasteiger partial charge >= 0.3 is 0 Å². The maximum absolute atomic E-state index is 12.9. The molecule has 2 aromatic heterocycles. The molecule has 1 aromatic carbocycles. The van der Waals surface area contributed by atoms with Gasteiger partial charge in [-0.3, -0.25) is 9.78 Å². The highest BCUT2D eigenvalue weighted by Gasteiger charge is 2.32. The molecule has 3 heterocycles. The predicted octanol–water partition coefficient (Wildman–Crippen LogP) is 3.07. The highest BCUT2D eigenvalue weighted by molar-refractivity contribution is 9.10. The van der Waals surface area contributed by atoms with Gasteiger partial charge in [-0.05, 0) is 53.0 Å². The topological polar surface area (TPSA) is 97.2 Å². The third kappa shape index (κ3) is 4.30. The summed E-state index contributed by atoms with van der Waals surface area (Å²) in [6, 6.07) is 10.6. The minimum Gasteiger partial charge on any atom is -0.324 e. The first kappa shape index (κ1) is 20.7. The van der Waals surface area contributed by atoms with E-state index in [2.05, 4.69) is 31.3 Å². The number of nitrogens with one attached hydrogen (secondary N) is 1. The van der Waals surface area contributed by atoms with Gasteiger partial charge in [0.2, 0.25) is 15.9 Å². The lowest BCUT2D eigenvalue weighted by Gasteiger charge is -2.30. The van der Waals surface area contributed by atoms with E-state index in [0.717, 1.165) is 10.2 Å². The van der Waals surface area contributed by atoms with E-state index in [1.54, 1.807) is 16.9 Å². The lowest BCUT2D eigenvalue weighted by molar-refractivity contribution is -0.120. The van der Waals surface area contributed by atoms with E-state index in [1.165, 1.54) is 22.8 Å². The average molecular weight is 490 g/mol. The predicted molar refractivity (Wildman–Crippen MR) is 116 cm³/mol. The van der Waals surface area contributed by atoms with Gasteiger partial charge in [0.1, 0.15) is 4.90 Å². The minimum atomic E-state index is -3.59. The van der Waals surface area contributed by atoms with Crippen LogP contribution in [-0.4, -0.2) is 46.5 Å². The van der Waals surface area contributed by atoms with Gasteiger partial charge in [-0.2, -0.15) is 9.40 Å². The number of sulfonamides is 1. The van der Waals surface area contributed by atoms with Crippen LogP contribution >= 0.6 is 15.9 Å². The number of rotatable bonds is 5. The first-order valence-electron chi connectivity index (χ1n) is 9.46. The first-order chi connectivity index (χ1) is 14.4. The standard InChI is InChI=1S/C20H20BrN5O3S/c21-16-12-23-26(14-16)19-6-2-1-5-18(19)24-20(27)15-7-10-25(11-8-15)30(28,29)17-4-3-9-22-13-17/h1-6,9,12-15H,7-8,10-11H2,(H,24,27). The SMILES string of the molecule is O=C(Nc1ccccc1-n1cc(Br)cn1)C1CCN(S(=O)(=O)c2cccnc2)CC1. The van der Waals surface area contributed by atoms with Crippen molar-refractivity contribution in [3.05, 3.63) is 65.7 Å². The molecule has 10 heteroatoms. The van der Waals surface area contributed by atoms with Crippen molar-refractivity contribution in [1.29, 1.82) is 0 Å². The lowest BCUT2D eigenvalue weighted by Crippen LogP contribution is -2.41. The van der Waals surface area contributed by atoms with Crippen LogP contribution in [0.3, 0.4) is 0 Å². The van der Waals surface area contributed by atoms with Crippen LogP contribution in [0.5, 0.6) is 0 Å². The fourth-order valence-corrected chi connectivity index (χ4v) is 5.17. The summed E-state index contributed by atoms with van der Waals surface area (Å²) in [6.45, 7) is 0.589. The number of anilines is 1. The summed E-state index contributed by atoms with van der Waals surface area (Å²) in [5.41, 5.74) is 1.41. The molecule has 1 saturated heterocycles. The Morgan fingerprint density at radius 3 is 2.53 bits per heavy atom. The highest BCUT2D eigenvalue weighted by atomic mass is 79.9. The van der Waals surface area contributed by atoms with Crippen LogP contribution < -0.4 is 5.32 Å². The Morgan fingerprint density at radius 1 is 1.10 bits per heavy atom.